The number of aromatic nitrogens is 1. The van der Waals surface area contributed by atoms with Crippen LogP contribution in [-0.2, 0) is 24.7 Å². The van der Waals surface area contributed by atoms with Crippen LogP contribution in [0, 0.1) is 5.92 Å². The number of halogens is 2. The van der Waals surface area contributed by atoms with Gasteiger partial charge in [0.15, 0.2) is 0 Å². The first-order valence-corrected chi connectivity index (χ1v) is 13.2. The number of fused-ring (bicyclic) bond motifs is 2. The molecule has 1 fully saturated rings. The predicted octanol–water partition coefficient (Wildman–Crippen LogP) is 4.09. The van der Waals surface area contributed by atoms with Crippen molar-refractivity contribution in [1.82, 2.24) is 14.8 Å². The first-order chi connectivity index (χ1) is 16.3. The molecule has 1 aliphatic heterocycles. The van der Waals surface area contributed by atoms with Crippen molar-refractivity contribution >= 4 is 48.7 Å². The van der Waals surface area contributed by atoms with E-state index in [1.807, 2.05) is 12.1 Å². The molecule has 1 amide bonds. The van der Waals surface area contributed by atoms with Crippen molar-refractivity contribution in [2.24, 2.45) is 13.0 Å². The molecule has 0 radical (unpaired) electrons. The molecule has 2 unspecified atom stereocenters. The van der Waals surface area contributed by atoms with Gasteiger partial charge < -0.3 is 25.0 Å². The topological polar surface area (TPSA) is 77.7 Å². The van der Waals surface area contributed by atoms with Crippen molar-refractivity contribution in [1.29, 1.82) is 0 Å². The summed E-state index contributed by atoms with van der Waals surface area (Å²) >= 11 is 6.70. The number of nitrogens with zero attached hydrogens (tertiary/aromatic N) is 2. The Labute approximate surface area is 216 Å². The Morgan fingerprint density at radius 2 is 1.97 bits per heavy atom. The molecule has 2 heterocycles. The first-order valence-electron chi connectivity index (χ1n) is 11.6. The Morgan fingerprint density at radius 3 is 2.68 bits per heavy atom. The van der Waals surface area contributed by atoms with E-state index in [4.69, 9.17) is 0 Å². The van der Waals surface area contributed by atoms with Gasteiger partial charge in [-0.1, -0.05) is 12.1 Å². The standard InChI is InChI=1S/C26H29Br2N3O3/c1-30-11-15-10-23-19(18-4-3-5-22(30)24(15)18)9-16(12-31(23)2)26(34)29-17(13-32)6-14-7-20(27)25(33)21(28)8-14/h3-5,7-8,11,16-17,19,23,32-33H,6,9-10,12-13H2,1-2H3,(H,29,34)/t16?,17?,19-,23-/m1/s1. The monoisotopic (exact) mass is 589 g/mol. The van der Waals surface area contributed by atoms with Crippen LogP contribution in [0.1, 0.15) is 29.0 Å². The summed E-state index contributed by atoms with van der Waals surface area (Å²) in [7, 11) is 4.23. The highest BCUT2D eigenvalue weighted by molar-refractivity contribution is 9.11. The number of hydrogen-bond donors (Lipinski definition) is 3. The number of amides is 1. The summed E-state index contributed by atoms with van der Waals surface area (Å²) in [5, 5.41) is 24.4. The van der Waals surface area contributed by atoms with E-state index in [0.29, 0.717) is 33.9 Å². The van der Waals surface area contributed by atoms with E-state index in [2.05, 4.69) is 85.1 Å². The Bertz CT molecular complexity index is 1230. The zero-order valence-electron chi connectivity index (χ0n) is 19.3. The van der Waals surface area contributed by atoms with Gasteiger partial charge in [0.25, 0.3) is 0 Å². The van der Waals surface area contributed by atoms with Crippen molar-refractivity contribution in [3.8, 4) is 5.75 Å². The van der Waals surface area contributed by atoms with Gasteiger partial charge in [-0.3, -0.25) is 4.79 Å². The van der Waals surface area contributed by atoms with Gasteiger partial charge in [-0.05, 0) is 93.1 Å². The van der Waals surface area contributed by atoms with E-state index in [9.17, 15) is 15.0 Å². The van der Waals surface area contributed by atoms with Crippen LogP contribution in [0.4, 0.5) is 0 Å². The SMILES string of the molecule is CN1CC(C(=O)NC(CO)Cc2cc(Br)c(O)c(Br)c2)C[C@@H]2c3cccc4c3c(cn4C)C[C@H]21. The molecule has 1 saturated heterocycles. The number of benzene rings is 2. The summed E-state index contributed by atoms with van der Waals surface area (Å²) in [6, 6.07) is 10.2. The number of aromatic hydroxyl groups is 1. The number of likely N-dealkylation sites (tertiary alicyclic amines) is 1. The lowest BCUT2D eigenvalue weighted by molar-refractivity contribution is -0.128. The second-order valence-corrected chi connectivity index (χ2v) is 11.5. The normalized spacial score (nSPS) is 23.0. The molecular formula is C26H29Br2N3O3. The molecule has 180 valence electrons. The predicted molar refractivity (Wildman–Crippen MR) is 140 cm³/mol. The van der Waals surface area contributed by atoms with E-state index >= 15 is 0 Å². The van der Waals surface area contributed by atoms with Gasteiger partial charge >= 0.3 is 0 Å². The minimum absolute atomic E-state index is 0.00714. The number of phenolic OH excluding ortho intramolecular Hbond substituents is 1. The number of hydrogen-bond acceptors (Lipinski definition) is 4. The number of aliphatic hydroxyl groups excluding tert-OH is 1. The summed E-state index contributed by atoms with van der Waals surface area (Å²) in [6.45, 7) is 0.558. The van der Waals surface area contributed by atoms with Crippen LogP contribution in [0.15, 0.2) is 45.5 Å². The maximum atomic E-state index is 13.3. The van der Waals surface area contributed by atoms with Crippen LogP contribution < -0.4 is 5.32 Å². The largest absolute Gasteiger partial charge is 0.506 e. The molecule has 5 rings (SSSR count). The second-order valence-electron chi connectivity index (χ2n) is 9.76. The molecule has 34 heavy (non-hydrogen) atoms. The number of aliphatic hydroxyl groups is 1. The lowest BCUT2D eigenvalue weighted by Gasteiger charge is -2.45. The van der Waals surface area contributed by atoms with Gasteiger partial charge in [0.05, 0.1) is 27.5 Å². The summed E-state index contributed by atoms with van der Waals surface area (Å²) in [4.78, 5) is 15.7. The lowest BCUT2D eigenvalue weighted by Crippen LogP contribution is -2.53. The zero-order chi connectivity index (χ0) is 24.1. The molecule has 2 aromatic carbocycles. The Hall–Kier alpha value is -1.87. The Balaban J connectivity index is 1.34. The van der Waals surface area contributed by atoms with Gasteiger partial charge in [0.2, 0.25) is 5.91 Å². The van der Waals surface area contributed by atoms with Gasteiger partial charge in [0, 0.05) is 42.7 Å². The highest BCUT2D eigenvalue weighted by Crippen LogP contribution is 2.44. The average Bonchev–Trinajstić information content (AvgIpc) is 3.14. The van der Waals surface area contributed by atoms with Gasteiger partial charge in [0.1, 0.15) is 5.75 Å². The third kappa shape index (κ3) is 4.19. The Kier molecular flexibility index (Phi) is 6.52. The van der Waals surface area contributed by atoms with Crippen LogP contribution >= 0.6 is 31.9 Å². The first kappa shape index (κ1) is 23.9. The fraction of sp³-hybridized carbons (Fsp3) is 0.423. The molecule has 6 nitrogen and oxygen atoms in total. The third-order valence-electron chi connectivity index (χ3n) is 7.53. The summed E-state index contributed by atoms with van der Waals surface area (Å²) < 4.78 is 3.36. The summed E-state index contributed by atoms with van der Waals surface area (Å²) in [5.41, 5.74) is 4.92. The van der Waals surface area contributed by atoms with E-state index in [1.165, 1.54) is 22.0 Å². The zero-order valence-corrected chi connectivity index (χ0v) is 22.4. The maximum absolute atomic E-state index is 13.3. The Morgan fingerprint density at radius 1 is 1.24 bits per heavy atom. The fourth-order valence-electron chi connectivity index (χ4n) is 5.91. The van der Waals surface area contributed by atoms with Gasteiger partial charge in [-0.25, -0.2) is 0 Å². The van der Waals surface area contributed by atoms with Crippen molar-refractivity contribution in [3.63, 3.8) is 0 Å². The molecule has 4 atom stereocenters. The smallest absolute Gasteiger partial charge is 0.224 e. The van der Waals surface area contributed by atoms with E-state index in [-0.39, 0.29) is 24.2 Å². The van der Waals surface area contributed by atoms with Crippen molar-refractivity contribution in [3.05, 3.63) is 62.2 Å². The van der Waals surface area contributed by atoms with Gasteiger partial charge in [-0.2, -0.15) is 0 Å². The van der Waals surface area contributed by atoms with Crippen molar-refractivity contribution < 1.29 is 15.0 Å². The third-order valence-corrected chi connectivity index (χ3v) is 8.74. The molecule has 3 aromatic rings. The second kappa shape index (κ2) is 9.30. The molecule has 2 aliphatic rings. The number of likely N-dealkylation sites (N-methyl/N-ethyl adjacent to an activating group) is 1. The quantitative estimate of drug-likeness (QED) is 0.418. The highest BCUT2D eigenvalue weighted by atomic mass is 79.9. The summed E-state index contributed by atoms with van der Waals surface area (Å²) in [5.74, 6) is 0.299. The van der Waals surface area contributed by atoms with Crippen LogP contribution in [0.3, 0.4) is 0 Å². The minimum Gasteiger partial charge on any atom is -0.506 e. The molecule has 0 bridgehead atoms. The lowest BCUT2D eigenvalue weighted by atomic mass is 9.72. The molecule has 1 aromatic heterocycles. The van der Waals surface area contributed by atoms with E-state index in [0.717, 1.165) is 18.4 Å². The number of phenols is 1. The van der Waals surface area contributed by atoms with Crippen LogP contribution in [0.25, 0.3) is 10.9 Å². The molecular weight excluding hydrogens is 562 g/mol. The number of aryl methyl sites for hydroxylation is 1. The van der Waals surface area contributed by atoms with Gasteiger partial charge in [-0.15, -0.1) is 0 Å². The van der Waals surface area contributed by atoms with Crippen molar-refractivity contribution in [2.75, 3.05) is 20.2 Å². The number of nitrogens with one attached hydrogen (secondary N) is 1. The molecule has 0 saturated carbocycles. The van der Waals surface area contributed by atoms with Crippen molar-refractivity contribution in [2.45, 2.75) is 37.3 Å². The molecule has 0 spiro atoms. The van der Waals surface area contributed by atoms with Crippen LogP contribution in [0.2, 0.25) is 0 Å². The minimum atomic E-state index is -0.394. The number of carbonyl (C=O) groups is 1. The van der Waals surface area contributed by atoms with E-state index < -0.39 is 6.04 Å². The average molecular weight is 591 g/mol. The number of carbonyl (C=O) groups excluding carboxylic acids is 1. The number of rotatable bonds is 5. The molecule has 1 aliphatic carbocycles. The van der Waals surface area contributed by atoms with E-state index in [1.54, 1.807) is 0 Å². The maximum Gasteiger partial charge on any atom is 0.224 e. The molecule has 8 heteroatoms. The van der Waals surface area contributed by atoms with Crippen LogP contribution in [0.5, 0.6) is 5.75 Å². The van der Waals surface area contributed by atoms with Crippen LogP contribution in [-0.4, -0.2) is 57.9 Å². The molecule has 3 N–H and O–H groups in total. The summed E-state index contributed by atoms with van der Waals surface area (Å²) in [6.07, 6.45) is 4.54. The number of piperidine rings is 1. The fourth-order valence-corrected chi connectivity index (χ4v) is 7.19. The highest BCUT2D eigenvalue weighted by Gasteiger charge is 2.41.